The summed E-state index contributed by atoms with van der Waals surface area (Å²) in [4.78, 5) is 31.6. The van der Waals surface area contributed by atoms with Crippen molar-refractivity contribution in [2.45, 2.75) is 20.4 Å². The summed E-state index contributed by atoms with van der Waals surface area (Å²) >= 11 is 0. The van der Waals surface area contributed by atoms with E-state index in [9.17, 15) is 9.59 Å². The fraction of sp³-hybridized carbons (Fsp3) is 0.318. The van der Waals surface area contributed by atoms with Crippen molar-refractivity contribution in [1.82, 2.24) is 14.5 Å². The zero-order chi connectivity index (χ0) is 20.6. The van der Waals surface area contributed by atoms with E-state index in [4.69, 9.17) is 4.74 Å². The highest BCUT2D eigenvalue weighted by molar-refractivity contribution is 5.92. The molecule has 0 aliphatic carbocycles. The van der Waals surface area contributed by atoms with Crippen molar-refractivity contribution >= 4 is 22.5 Å². The summed E-state index contributed by atoms with van der Waals surface area (Å²) in [7, 11) is 0. The van der Waals surface area contributed by atoms with Gasteiger partial charge in [-0.15, -0.1) is 0 Å². The van der Waals surface area contributed by atoms with Crippen molar-refractivity contribution in [3.05, 3.63) is 65.2 Å². The summed E-state index contributed by atoms with van der Waals surface area (Å²) in [6.07, 6.45) is 1.40. The zero-order valence-electron chi connectivity index (χ0n) is 16.8. The number of hydrogen-bond donors (Lipinski definition) is 1. The Labute approximate surface area is 169 Å². The number of aromatic nitrogens is 2. The molecule has 1 amide bonds. The number of para-hydroxylation sites is 3. The maximum absolute atomic E-state index is 12.6. The lowest BCUT2D eigenvalue weighted by molar-refractivity contribution is -0.116. The van der Waals surface area contributed by atoms with E-state index in [1.54, 1.807) is 24.3 Å². The minimum Gasteiger partial charge on any atom is -0.490 e. The minimum absolute atomic E-state index is 0.121. The molecular weight excluding hydrogens is 368 g/mol. The fourth-order valence-corrected chi connectivity index (χ4v) is 3.08. The van der Waals surface area contributed by atoms with E-state index in [1.807, 2.05) is 24.3 Å². The minimum atomic E-state index is -0.316. The summed E-state index contributed by atoms with van der Waals surface area (Å²) in [6.45, 7) is 7.38. The molecule has 2 aromatic carbocycles. The molecule has 152 valence electrons. The molecule has 7 heteroatoms. The molecule has 1 heterocycles. The molecular formula is C22H26N4O3. The lowest BCUT2D eigenvalue weighted by Gasteiger charge is -2.19. The van der Waals surface area contributed by atoms with Gasteiger partial charge in [-0.2, -0.15) is 0 Å². The summed E-state index contributed by atoms with van der Waals surface area (Å²) in [5.74, 6) is 0.293. The summed E-state index contributed by atoms with van der Waals surface area (Å²) in [6, 6.07) is 14.4. The number of fused-ring (bicyclic) bond motifs is 1. The van der Waals surface area contributed by atoms with Gasteiger partial charge >= 0.3 is 0 Å². The summed E-state index contributed by atoms with van der Waals surface area (Å²) < 4.78 is 7.17. The second-order valence-corrected chi connectivity index (χ2v) is 6.61. The molecule has 0 spiro atoms. The highest BCUT2D eigenvalue weighted by Gasteiger charge is 2.11. The molecule has 0 aliphatic heterocycles. The predicted molar refractivity (Wildman–Crippen MR) is 114 cm³/mol. The van der Waals surface area contributed by atoms with Gasteiger partial charge in [0.15, 0.2) is 0 Å². The lowest BCUT2D eigenvalue weighted by atomic mass is 10.2. The van der Waals surface area contributed by atoms with E-state index < -0.39 is 0 Å². The fourth-order valence-electron chi connectivity index (χ4n) is 3.08. The quantitative estimate of drug-likeness (QED) is 0.604. The third-order valence-electron chi connectivity index (χ3n) is 4.77. The van der Waals surface area contributed by atoms with Gasteiger partial charge in [0.1, 0.15) is 18.9 Å². The Kier molecular flexibility index (Phi) is 6.97. The van der Waals surface area contributed by atoms with Crippen LogP contribution in [-0.2, 0) is 11.3 Å². The number of likely N-dealkylation sites (N-methyl/N-ethyl adjacent to an activating group) is 1. The van der Waals surface area contributed by atoms with Gasteiger partial charge in [-0.25, -0.2) is 4.98 Å². The first-order chi connectivity index (χ1) is 14.1. The second-order valence-electron chi connectivity index (χ2n) is 6.61. The van der Waals surface area contributed by atoms with Gasteiger partial charge < -0.3 is 15.0 Å². The number of anilines is 1. The van der Waals surface area contributed by atoms with Gasteiger partial charge in [0.05, 0.1) is 22.9 Å². The Bertz CT molecular complexity index is 1030. The van der Waals surface area contributed by atoms with Crippen LogP contribution in [0, 0.1) is 0 Å². The van der Waals surface area contributed by atoms with Crippen molar-refractivity contribution in [1.29, 1.82) is 0 Å². The Balaban J connectivity index is 1.67. The van der Waals surface area contributed by atoms with Crippen LogP contribution in [-0.4, -0.2) is 46.6 Å². The van der Waals surface area contributed by atoms with Crippen molar-refractivity contribution in [3.63, 3.8) is 0 Å². The van der Waals surface area contributed by atoms with E-state index in [0.717, 1.165) is 19.6 Å². The predicted octanol–water partition coefficient (Wildman–Crippen LogP) is 2.76. The Morgan fingerprint density at radius 3 is 2.62 bits per heavy atom. The highest BCUT2D eigenvalue weighted by atomic mass is 16.5. The molecule has 29 heavy (non-hydrogen) atoms. The van der Waals surface area contributed by atoms with E-state index in [1.165, 1.54) is 10.9 Å². The third kappa shape index (κ3) is 5.20. The second kappa shape index (κ2) is 9.84. The Morgan fingerprint density at radius 1 is 1.10 bits per heavy atom. The van der Waals surface area contributed by atoms with Crippen LogP contribution in [0.3, 0.4) is 0 Å². The van der Waals surface area contributed by atoms with E-state index in [0.29, 0.717) is 28.9 Å². The largest absolute Gasteiger partial charge is 0.490 e. The molecule has 0 radical (unpaired) electrons. The van der Waals surface area contributed by atoms with Crippen LogP contribution in [0.1, 0.15) is 13.8 Å². The topological polar surface area (TPSA) is 76.5 Å². The normalized spacial score (nSPS) is 11.0. The van der Waals surface area contributed by atoms with Crippen LogP contribution < -0.4 is 15.6 Å². The molecule has 0 saturated heterocycles. The van der Waals surface area contributed by atoms with Gasteiger partial charge in [0, 0.05) is 6.54 Å². The molecule has 3 aromatic rings. The molecule has 0 unspecified atom stereocenters. The zero-order valence-corrected chi connectivity index (χ0v) is 16.8. The van der Waals surface area contributed by atoms with Gasteiger partial charge in [0.2, 0.25) is 5.91 Å². The Hall–Kier alpha value is -3.19. The first-order valence-corrected chi connectivity index (χ1v) is 9.80. The lowest BCUT2D eigenvalue weighted by Crippen LogP contribution is -2.29. The van der Waals surface area contributed by atoms with Gasteiger partial charge in [0.25, 0.3) is 5.56 Å². The number of benzene rings is 2. The number of ether oxygens (including phenoxy) is 1. The first-order valence-electron chi connectivity index (χ1n) is 9.80. The van der Waals surface area contributed by atoms with Gasteiger partial charge in [-0.05, 0) is 37.4 Å². The average Bonchev–Trinajstić information content (AvgIpc) is 2.74. The summed E-state index contributed by atoms with van der Waals surface area (Å²) in [5, 5.41) is 3.32. The molecule has 0 aliphatic rings. The van der Waals surface area contributed by atoms with Crippen molar-refractivity contribution in [3.8, 4) is 5.75 Å². The molecule has 7 nitrogen and oxygen atoms in total. The van der Waals surface area contributed by atoms with Crippen LogP contribution in [0.2, 0.25) is 0 Å². The van der Waals surface area contributed by atoms with Crippen molar-refractivity contribution < 1.29 is 9.53 Å². The average molecular weight is 394 g/mol. The van der Waals surface area contributed by atoms with Gasteiger partial charge in [-0.3, -0.25) is 14.2 Å². The number of carbonyl (C=O) groups is 1. The standard InChI is InChI=1S/C22H26N4O3/c1-3-25(4-2)13-14-29-20-12-8-7-11-19(20)24-21(27)15-26-16-23-18-10-6-5-9-17(18)22(26)28/h5-12,16H,3-4,13-15H2,1-2H3,(H,24,27). The molecule has 3 rings (SSSR count). The molecule has 1 aromatic heterocycles. The Morgan fingerprint density at radius 2 is 1.83 bits per heavy atom. The molecule has 0 atom stereocenters. The number of hydrogen-bond acceptors (Lipinski definition) is 5. The number of carbonyl (C=O) groups excluding carboxylic acids is 1. The van der Waals surface area contributed by atoms with Gasteiger partial charge in [-0.1, -0.05) is 38.1 Å². The first kappa shape index (κ1) is 20.5. The number of amides is 1. The van der Waals surface area contributed by atoms with Crippen LogP contribution in [0.25, 0.3) is 10.9 Å². The number of nitrogens with zero attached hydrogens (tertiary/aromatic N) is 3. The SMILES string of the molecule is CCN(CC)CCOc1ccccc1NC(=O)Cn1cnc2ccccc2c1=O. The van der Waals surface area contributed by atoms with Crippen LogP contribution in [0.4, 0.5) is 5.69 Å². The molecule has 0 bridgehead atoms. The van der Waals surface area contributed by atoms with Crippen LogP contribution in [0.5, 0.6) is 5.75 Å². The smallest absolute Gasteiger partial charge is 0.261 e. The molecule has 1 N–H and O–H groups in total. The third-order valence-corrected chi connectivity index (χ3v) is 4.77. The summed E-state index contributed by atoms with van der Waals surface area (Å²) in [5.41, 5.74) is 0.953. The van der Waals surface area contributed by atoms with Crippen LogP contribution >= 0.6 is 0 Å². The molecule has 0 fully saturated rings. The number of nitrogens with one attached hydrogen (secondary N) is 1. The van der Waals surface area contributed by atoms with Crippen molar-refractivity contribution in [2.75, 3.05) is 31.6 Å². The number of rotatable bonds is 9. The maximum atomic E-state index is 12.6. The van der Waals surface area contributed by atoms with Crippen molar-refractivity contribution in [2.24, 2.45) is 0 Å². The van der Waals surface area contributed by atoms with Crippen LogP contribution in [0.15, 0.2) is 59.7 Å². The van der Waals surface area contributed by atoms with E-state index >= 15 is 0 Å². The maximum Gasteiger partial charge on any atom is 0.261 e. The monoisotopic (exact) mass is 394 g/mol. The highest BCUT2D eigenvalue weighted by Crippen LogP contribution is 2.23. The van der Waals surface area contributed by atoms with E-state index in [2.05, 4.69) is 29.0 Å². The molecule has 0 saturated carbocycles. The van der Waals surface area contributed by atoms with E-state index in [-0.39, 0.29) is 18.0 Å².